The third-order valence-electron chi connectivity index (χ3n) is 3.97. The van der Waals surface area contributed by atoms with Gasteiger partial charge >= 0.3 is 0 Å². The number of hydrogen-bond donors (Lipinski definition) is 1. The van der Waals surface area contributed by atoms with Crippen molar-refractivity contribution in [3.63, 3.8) is 0 Å². The van der Waals surface area contributed by atoms with Crippen LogP contribution >= 0.6 is 23.1 Å². The number of pyridine rings is 1. The van der Waals surface area contributed by atoms with Crippen LogP contribution in [0, 0.1) is 0 Å². The zero-order valence-corrected chi connectivity index (χ0v) is 15.7. The Labute approximate surface area is 159 Å². The second-order valence-corrected chi connectivity index (χ2v) is 8.01. The van der Waals surface area contributed by atoms with Crippen LogP contribution in [0.4, 0.5) is 11.5 Å². The average Bonchev–Trinajstić information content (AvgIpc) is 3.11. The molecule has 134 valence electrons. The quantitative estimate of drug-likeness (QED) is 0.679. The fourth-order valence-corrected chi connectivity index (χ4v) is 4.62. The minimum atomic E-state index is -0.0586. The Morgan fingerprint density at radius 3 is 2.92 bits per heavy atom. The van der Waals surface area contributed by atoms with Crippen LogP contribution in [0.3, 0.4) is 0 Å². The highest BCUT2D eigenvalue weighted by Gasteiger charge is 2.17. The third-order valence-corrected chi connectivity index (χ3v) is 6.15. The fraction of sp³-hybridized carbons (Fsp3) is 0.278. The van der Waals surface area contributed by atoms with Crippen LogP contribution in [0.25, 0.3) is 10.2 Å². The third kappa shape index (κ3) is 3.98. The molecule has 1 aliphatic heterocycles. The van der Waals surface area contributed by atoms with Gasteiger partial charge in [-0.05, 0) is 24.3 Å². The molecule has 1 aromatic carbocycles. The molecule has 0 saturated carbocycles. The number of aromatic nitrogens is 2. The average molecular weight is 387 g/mol. The molecule has 3 heterocycles. The van der Waals surface area contributed by atoms with Crippen molar-refractivity contribution in [1.82, 2.24) is 9.97 Å². The van der Waals surface area contributed by atoms with Gasteiger partial charge in [0.1, 0.15) is 0 Å². The van der Waals surface area contributed by atoms with Crippen molar-refractivity contribution < 1.29 is 9.53 Å². The first kappa shape index (κ1) is 17.3. The molecule has 1 saturated heterocycles. The summed E-state index contributed by atoms with van der Waals surface area (Å²) in [5.74, 6) is 1.06. The molecule has 0 radical (unpaired) electrons. The highest BCUT2D eigenvalue weighted by molar-refractivity contribution is 8.01. The normalized spacial score (nSPS) is 14.5. The van der Waals surface area contributed by atoms with E-state index in [1.807, 2.05) is 36.4 Å². The van der Waals surface area contributed by atoms with Crippen molar-refractivity contribution in [1.29, 1.82) is 0 Å². The summed E-state index contributed by atoms with van der Waals surface area (Å²) in [5.41, 5.74) is 1.71. The summed E-state index contributed by atoms with van der Waals surface area (Å²) < 4.78 is 7.43. The number of nitrogens with one attached hydrogen (secondary N) is 1. The number of morpholine rings is 1. The first-order valence-corrected chi connectivity index (χ1v) is 10.2. The number of fused-ring (bicyclic) bond motifs is 1. The van der Waals surface area contributed by atoms with Gasteiger partial charge in [0, 0.05) is 19.3 Å². The van der Waals surface area contributed by atoms with Gasteiger partial charge in [0.15, 0.2) is 10.2 Å². The molecule has 0 atom stereocenters. The molecule has 0 spiro atoms. The highest BCUT2D eigenvalue weighted by atomic mass is 32.2. The monoisotopic (exact) mass is 386 g/mol. The van der Waals surface area contributed by atoms with E-state index >= 15 is 0 Å². The van der Waals surface area contributed by atoms with Crippen molar-refractivity contribution in [3.8, 4) is 0 Å². The molecule has 6 nitrogen and oxygen atoms in total. The maximum Gasteiger partial charge on any atom is 0.234 e. The Morgan fingerprint density at radius 1 is 1.23 bits per heavy atom. The number of nitrogens with zero attached hydrogens (tertiary/aromatic N) is 3. The number of amides is 1. The molecule has 1 aliphatic rings. The number of anilines is 2. The number of hydrogen-bond acceptors (Lipinski definition) is 7. The Morgan fingerprint density at radius 2 is 2.08 bits per heavy atom. The minimum absolute atomic E-state index is 0.0586. The van der Waals surface area contributed by atoms with E-state index in [1.54, 1.807) is 17.5 Å². The molecule has 1 N–H and O–H groups in total. The fourth-order valence-electron chi connectivity index (χ4n) is 2.75. The lowest BCUT2D eigenvalue weighted by Gasteiger charge is -2.29. The molecule has 0 bridgehead atoms. The summed E-state index contributed by atoms with van der Waals surface area (Å²) in [6.07, 6.45) is 1.75. The summed E-state index contributed by atoms with van der Waals surface area (Å²) in [6.45, 7) is 2.91. The van der Waals surface area contributed by atoms with Crippen LogP contribution in [0.1, 0.15) is 0 Å². The second kappa shape index (κ2) is 8.03. The molecular weight excluding hydrogens is 368 g/mol. The maximum absolute atomic E-state index is 12.4. The number of carbonyl (C=O) groups is 1. The van der Waals surface area contributed by atoms with Gasteiger partial charge in [-0.1, -0.05) is 23.9 Å². The SMILES string of the molecule is O=C(CSc1nc2ccccc2s1)Nc1cccnc1N1CCOCC1. The number of para-hydroxylation sites is 1. The van der Waals surface area contributed by atoms with E-state index in [0.717, 1.165) is 39.2 Å². The summed E-state index contributed by atoms with van der Waals surface area (Å²) in [6, 6.07) is 11.7. The van der Waals surface area contributed by atoms with Gasteiger partial charge < -0.3 is 15.0 Å². The van der Waals surface area contributed by atoms with Crippen molar-refractivity contribution >= 4 is 50.7 Å². The van der Waals surface area contributed by atoms with Crippen molar-refractivity contribution in [3.05, 3.63) is 42.6 Å². The summed E-state index contributed by atoms with van der Waals surface area (Å²) >= 11 is 3.07. The van der Waals surface area contributed by atoms with Gasteiger partial charge in [0.05, 0.1) is 34.9 Å². The molecule has 3 aromatic rings. The smallest absolute Gasteiger partial charge is 0.234 e. The van der Waals surface area contributed by atoms with Crippen LogP contribution in [0.5, 0.6) is 0 Å². The minimum Gasteiger partial charge on any atom is -0.378 e. The van der Waals surface area contributed by atoms with Gasteiger partial charge in [-0.3, -0.25) is 4.79 Å². The van der Waals surface area contributed by atoms with Crippen LogP contribution in [0.2, 0.25) is 0 Å². The van der Waals surface area contributed by atoms with Crippen LogP contribution in [-0.2, 0) is 9.53 Å². The highest BCUT2D eigenvalue weighted by Crippen LogP contribution is 2.30. The molecule has 26 heavy (non-hydrogen) atoms. The number of rotatable bonds is 5. The number of thiazole rings is 1. The van der Waals surface area contributed by atoms with E-state index in [1.165, 1.54) is 11.8 Å². The predicted molar refractivity (Wildman–Crippen MR) is 106 cm³/mol. The van der Waals surface area contributed by atoms with Gasteiger partial charge in [0.25, 0.3) is 0 Å². The molecule has 2 aromatic heterocycles. The van der Waals surface area contributed by atoms with Crippen molar-refractivity contribution in [2.75, 3.05) is 42.3 Å². The Balaban J connectivity index is 1.40. The lowest BCUT2D eigenvalue weighted by atomic mass is 10.3. The zero-order valence-electron chi connectivity index (χ0n) is 14.1. The lowest BCUT2D eigenvalue weighted by molar-refractivity contribution is -0.113. The predicted octanol–water partition coefficient (Wildman–Crippen LogP) is 3.26. The summed E-state index contributed by atoms with van der Waals surface area (Å²) in [4.78, 5) is 23.5. The van der Waals surface area contributed by atoms with Crippen LogP contribution in [0.15, 0.2) is 46.9 Å². The summed E-state index contributed by atoms with van der Waals surface area (Å²) in [7, 11) is 0. The molecular formula is C18H18N4O2S2. The molecule has 0 unspecified atom stereocenters. The summed E-state index contributed by atoms with van der Waals surface area (Å²) in [5, 5.41) is 2.98. The lowest BCUT2D eigenvalue weighted by Crippen LogP contribution is -2.37. The number of thioether (sulfide) groups is 1. The van der Waals surface area contributed by atoms with Crippen LogP contribution < -0.4 is 10.2 Å². The van der Waals surface area contributed by atoms with E-state index in [9.17, 15) is 4.79 Å². The molecule has 4 rings (SSSR count). The Bertz CT molecular complexity index is 876. The topological polar surface area (TPSA) is 67.4 Å². The van der Waals surface area contributed by atoms with E-state index in [-0.39, 0.29) is 5.91 Å². The van der Waals surface area contributed by atoms with E-state index in [4.69, 9.17) is 4.74 Å². The van der Waals surface area contributed by atoms with Crippen molar-refractivity contribution in [2.45, 2.75) is 4.34 Å². The maximum atomic E-state index is 12.4. The van der Waals surface area contributed by atoms with E-state index in [2.05, 4.69) is 20.2 Å². The molecule has 1 amide bonds. The van der Waals surface area contributed by atoms with E-state index < -0.39 is 0 Å². The van der Waals surface area contributed by atoms with Crippen molar-refractivity contribution in [2.24, 2.45) is 0 Å². The van der Waals surface area contributed by atoms with Gasteiger partial charge in [-0.25, -0.2) is 9.97 Å². The standard InChI is InChI=1S/C18H18N4O2S2/c23-16(12-25-18-21-13-4-1-2-6-15(13)26-18)20-14-5-3-7-19-17(14)22-8-10-24-11-9-22/h1-7H,8-12H2,(H,20,23). The first-order valence-electron chi connectivity index (χ1n) is 8.35. The van der Waals surface area contributed by atoms with Gasteiger partial charge in [-0.15, -0.1) is 11.3 Å². The van der Waals surface area contributed by atoms with E-state index in [0.29, 0.717) is 19.0 Å². The molecule has 1 fully saturated rings. The Kier molecular flexibility index (Phi) is 5.33. The molecule has 0 aliphatic carbocycles. The number of ether oxygens (including phenoxy) is 1. The first-order chi connectivity index (χ1) is 12.8. The second-order valence-electron chi connectivity index (χ2n) is 5.76. The Hall–Kier alpha value is -2.16. The van der Waals surface area contributed by atoms with Gasteiger partial charge in [-0.2, -0.15) is 0 Å². The van der Waals surface area contributed by atoms with Crippen LogP contribution in [-0.4, -0.2) is 47.9 Å². The largest absolute Gasteiger partial charge is 0.378 e. The number of carbonyl (C=O) groups excluding carboxylic acids is 1. The van der Waals surface area contributed by atoms with Gasteiger partial charge in [0.2, 0.25) is 5.91 Å². The molecule has 8 heteroatoms. The number of benzene rings is 1. The zero-order chi connectivity index (χ0) is 17.8.